The van der Waals surface area contributed by atoms with Crippen molar-refractivity contribution in [3.63, 3.8) is 0 Å². The summed E-state index contributed by atoms with van der Waals surface area (Å²) in [5.41, 5.74) is 2.47. The van der Waals surface area contributed by atoms with E-state index in [9.17, 15) is 0 Å². The van der Waals surface area contributed by atoms with Gasteiger partial charge in [0.05, 0.1) is 12.1 Å². The van der Waals surface area contributed by atoms with Gasteiger partial charge in [-0.15, -0.1) is 0 Å². The molecule has 1 aromatic rings. The van der Waals surface area contributed by atoms with Crippen LogP contribution in [0.1, 0.15) is 38.4 Å². The van der Waals surface area contributed by atoms with Gasteiger partial charge in [-0.25, -0.2) is 4.98 Å². The molecule has 1 N–H and O–H groups in total. The number of nitrogens with one attached hydrogen (secondary N) is 1. The standard InChI is InChI=1S/C16H27N3O/c1-5-14-9-13(11-17-6-2)10-16(18-14)19(4)15-7-8-20-12(15)3/h9-10,12,15,17H,5-8,11H2,1-4H3. The Hall–Kier alpha value is -1.13. The van der Waals surface area contributed by atoms with Gasteiger partial charge in [-0.05, 0) is 44.0 Å². The molecule has 2 atom stereocenters. The van der Waals surface area contributed by atoms with Crippen molar-refractivity contribution in [3.05, 3.63) is 23.4 Å². The van der Waals surface area contributed by atoms with Crippen molar-refractivity contribution >= 4 is 5.82 Å². The lowest BCUT2D eigenvalue weighted by molar-refractivity contribution is 0.118. The van der Waals surface area contributed by atoms with Crippen LogP contribution < -0.4 is 10.2 Å². The van der Waals surface area contributed by atoms with Crippen LogP contribution in [0.5, 0.6) is 0 Å². The topological polar surface area (TPSA) is 37.4 Å². The molecule has 0 aromatic carbocycles. The minimum absolute atomic E-state index is 0.282. The van der Waals surface area contributed by atoms with Crippen LogP contribution in [0.25, 0.3) is 0 Å². The molecule has 2 heterocycles. The SMILES string of the molecule is CCNCc1cc(CC)nc(N(C)C2CCOC2C)c1. The van der Waals surface area contributed by atoms with E-state index in [-0.39, 0.29) is 6.10 Å². The van der Waals surface area contributed by atoms with Crippen LogP contribution in [-0.2, 0) is 17.7 Å². The Bertz CT molecular complexity index is 436. The molecule has 4 nitrogen and oxygen atoms in total. The highest BCUT2D eigenvalue weighted by molar-refractivity contribution is 5.43. The molecular weight excluding hydrogens is 250 g/mol. The molecule has 112 valence electrons. The van der Waals surface area contributed by atoms with E-state index in [4.69, 9.17) is 9.72 Å². The van der Waals surface area contributed by atoms with Crippen molar-refractivity contribution in [2.45, 2.75) is 52.3 Å². The highest BCUT2D eigenvalue weighted by Crippen LogP contribution is 2.24. The van der Waals surface area contributed by atoms with Gasteiger partial charge in [0.15, 0.2) is 0 Å². The van der Waals surface area contributed by atoms with Crippen LogP contribution >= 0.6 is 0 Å². The first-order valence-electron chi connectivity index (χ1n) is 7.70. The average molecular weight is 277 g/mol. The lowest BCUT2D eigenvalue weighted by atomic mass is 10.1. The van der Waals surface area contributed by atoms with Crippen molar-refractivity contribution in [2.75, 3.05) is 25.1 Å². The summed E-state index contributed by atoms with van der Waals surface area (Å²) in [7, 11) is 2.13. The fourth-order valence-corrected chi connectivity index (χ4v) is 2.77. The van der Waals surface area contributed by atoms with E-state index in [2.05, 4.69) is 50.2 Å². The smallest absolute Gasteiger partial charge is 0.129 e. The maximum absolute atomic E-state index is 5.68. The molecule has 1 fully saturated rings. The fraction of sp³-hybridized carbons (Fsp3) is 0.688. The van der Waals surface area contributed by atoms with E-state index in [1.807, 2.05) is 0 Å². The molecule has 0 amide bonds. The number of hydrogen-bond acceptors (Lipinski definition) is 4. The van der Waals surface area contributed by atoms with Crippen LogP contribution in [0.3, 0.4) is 0 Å². The molecule has 0 aliphatic carbocycles. The number of nitrogens with zero attached hydrogens (tertiary/aromatic N) is 2. The number of aryl methyl sites for hydroxylation is 1. The summed E-state index contributed by atoms with van der Waals surface area (Å²) in [6, 6.07) is 4.84. The highest BCUT2D eigenvalue weighted by Gasteiger charge is 2.28. The summed E-state index contributed by atoms with van der Waals surface area (Å²) in [4.78, 5) is 7.07. The Morgan fingerprint density at radius 3 is 2.80 bits per heavy atom. The molecule has 1 aliphatic rings. The third-order valence-corrected chi connectivity index (χ3v) is 4.06. The quantitative estimate of drug-likeness (QED) is 0.866. The summed E-state index contributed by atoms with van der Waals surface area (Å²) in [6.07, 6.45) is 2.33. The second-order valence-electron chi connectivity index (χ2n) is 5.50. The molecule has 2 rings (SSSR count). The van der Waals surface area contributed by atoms with Gasteiger partial charge >= 0.3 is 0 Å². The molecule has 20 heavy (non-hydrogen) atoms. The minimum Gasteiger partial charge on any atom is -0.376 e. The molecule has 4 heteroatoms. The summed E-state index contributed by atoms with van der Waals surface area (Å²) in [5, 5.41) is 3.39. The second-order valence-corrected chi connectivity index (χ2v) is 5.50. The van der Waals surface area contributed by atoms with E-state index in [0.717, 1.165) is 44.0 Å². The zero-order valence-corrected chi connectivity index (χ0v) is 13.1. The summed E-state index contributed by atoms with van der Waals surface area (Å²) >= 11 is 0. The number of hydrogen-bond donors (Lipinski definition) is 1. The lowest BCUT2D eigenvalue weighted by Gasteiger charge is -2.28. The van der Waals surface area contributed by atoms with Crippen molar-refractivity contribution in [2.24, 2.45) is 0 Å². The number of rotatable bonds is 6. The number of ether oxygens (including phenoxy) is 1. The van der Waals surface area contributed by atoms with Crippen molar-refractivity contribution in [1.29, 1.82) is 0 Å². The molecule has 1 saturated heterocycles. The Morgan fingerprint density at radius 2 is 2.20 bits per heavy atom. The molecule has 2 unspecified atom stereocenters. The highest BCUT2D eigenvalue weighted by atomic mass is 16.5. The predicted molar refractivity (Wildman–Crippen MR) is 83.2 cm³/mol. The number of aromatic nitrogens is 1. The Labute approximate surface area is 122 Å². The maximum atomic E-state index is 5.68. The molecule has 0 radical (unpaired) electrons. The molecule has 0 spiro atoms. The maximum Gasteiger partial charge on any atom is 0.129 e. The number of pyridine rings is 1. The normalized spacial score (nSPS) is 22.2. The lowest BCUT2D eigenvalue weighted by Crippen LogP contribution is -2.37. The summed E-state index contributed by atoms with van der Waals surface area (Å²) in [6.45, 7) is 9.19. The number of likely N-dealkylation sites (N-methyl/N-ethyl adjacent to an activating group) is 1. The van der Waals surface area contributed by atoms with E-state index in [1.165, 1.54) is 5.56 Å². The van der Waals surface area contributed by atoms with Gasteiger partial charge in [0.1, 0.15) is 5.82 Å². The van der Waals surface area contributed by atoms with Gasteiger partial charge < -0.3 is 15.0 Å². The first-order valence-corrected chi connectivity index (χ1v) is 7.70. The number of anilines is 1. The van der Waals surface area contributed by atoms with Crippen LogP contribution in [0.15, 0.2) is 12.1 Å². The monoisotopic (exact) mass is 277 g/mol. The zero-order valence-electron chi connectivity index (χ0n) is 13.1. The minimum atomic E-state index is 0.282. The second kappa shape index (κ2) is 7.04. The Morgan fingerprint density at radius 1 is 1.40 bits per heavy atom. The van der Waals surface area contributed by atoms with E-state index < -0.39 is 0 Å². The van der Waals surface area contributed by atoms with Crippen molar-refractivity contribution in [3.8, 4) is 0 Å². The third kappa shape index (κ3) is 3.49. The van der Waals surface area contributed by atoms with Gasteiger partial charge in [-0.2, -0.15) is 0 Å². The van der Waals surface area contributed by atoms with E-state index in [0.29, 0.717) is 6.04 Å². The largest absolute Gasteiger partial charge is 0.376 e. The fourth-order valence-electron chi connectivity index (χ4n) is 2.77. The predicted octanol–water partition coefficient (Wildman–Crippen LogP) is 2.37. The van der Waals surface area contributed by atoms with Crippen LogP contribution in [-0.4, -0.2) is 37.3 Å². The summed E-state index contributed by atoms with van der Waals surface area (Å²) in [5.74, 6) is 1.07. The first-order chi connectivity index (χ1) is 9.65. The molecule has 0 saturated carbocycles. The van der Waals surface area contributed by atoms with E-state index >= 15 is 0 Å². The third-order valence-electron chi connectivity index (χ3n) is 4.06. The van der Waals surface area contributed by atoms with Gasteiger partial charge in [-0.3, -0.25) is 0 Å². The van der Waals surface area contributed by atoms with Gasteiger partial charge in [-0.1, -0.05) is 13.8 Å². The van der Waals surface area contributed by atoms with Crippen LogP contribution in [0.2, 0.25) is 0 Å². The Balaban J connectivity index is 2.20. The average Bonchev–Trinajstić information content (AvgIpc) is 2.90. The van der Waals surface area contributed by atoms with Gasteiger partial charge in [0.2, 0.25) is 0 Å². The zero-order chi connectivity index (χ0) is 14.5. The van der Waals surface area contributed by atoms with Crippen molar-refractivity contribution < 1.29 is 4.74 Å². The molecule has 1 aromatic heterocycles. The van der Waals surface area contributed by atoms with Crippen LogP contribution in [0.4, 0.5) is 5.82 Å². The van der Waals surface area contributed by atoms with Crippen LogP contribution in [0, 0.1) is 0 Å². The molecular formula is C16H27N3O. The van der Waals surface area contributed by atoms with Gasteiger partial charge in [0, 0.05) is 25.9 Å². The molecule has 0 bridgehead atoms. The first kappa shape index (κ1) is 15.3. The van der Waals surface area contributed by atoms with Crippen molar-refractivity contribution in [1.82, 2.24) is 10.3 Å². The Kier molecular flexibility index (Phi) is 5.38. The molecule has 1 aliphatic heterocycles. The van der Waals surface area contributed by atoms with E-state index in [1.54, 1.807) is 0 Å². The van der Waals surface area contributed by atoms with Gasteiger partial charge in [0.25, 0.3) is 0 Å². The summed E-state index contributed by atoms with van der Waals surface area (Å²) < 4.78 is 5.68.